The van der Waals surface area contributed by atoms with E-state index in [4.69, 9.17) is 14.9 Å². The van der Waals surface area contributed by atoms with E-state index in [1.54, 1.807) is 0 Å². The van der Waals surface area contributed by atoms with Crippen LogP contribution in [0.4, 0.5) is 4.39 Å². The van der Waals surface area contributed by atoms with Crippen LogP contribution >= 0.6 is 0 Å². The van der Waals surface area contributed by atoms with Crippen LogP contribution in [0.25, 0.3) is 0 Å². The number of carbonyl (C=O) groups excluding carboxylic acids is 1. The SMILES string of the molecule is CC(=O)N[C@@H]1[C@@H](O)C[C@](O)(C(=O)O)O[C@H]1C(F)[C@H](O)CO. The molecule has 6 atom stereocenters. The molecule has 9 nitrogen and oxygen atoms in total. The van der Waals surface area contributed by atoms with Crippen molar-refractivity contribution in [1.29, 1.82) is 0 Å². The summed E-state index contributed by atoms with van der Waals surface area (Å²) in [6.45, 7) is 0.0902. The van der Waals surface area contributed by atoms with E-state index < -0.39 is 61.2 Å². The molecule has 0 aliphatic carbocycles. The molecule has 1 unspecified atom stereocenters. The number of aliphatic hydroxyl groups excluding tert-OH is 3. The molecule has 21 heavy (non-hydrogen) atoms. The summed E-state index contributed by atoms with van der Waals surface area (Å²) in [4.78, 5) is 22.0. The first-order valence-corrected chi connectivity index (χ1v) is 6.14. The fourth-order valence-electron chi connectivity index (χ4n) is 2.11. The van der Waals surface area contributed by atoms with Gasteiger partial charge in [-0.15, -0.1) is 0 Å². The van der Waals surface area contributed by atoms with Gasteiger partial charge in [-0.05, 0) is 0 Å². The molecule has 10 heteroatoms. The standard InChI is InChI=1S/C11H18FNO8/c1-4(15)13-8-5(16)2-11(20,10(18)19)21-9(8)7(12)6(17)3-14/h5-9,14,16-17,20H,2-3H2,1H3,(H,13,15)(H,18,19)/t5-,6+,7?,8+,9-,11+/m0/s1. The Bertz CT molecular complexity index is 408. The maximum atomic E-state index is 14.1. The van der Waals surface area contributed by atoms with Crippen molar-refractivity contribution in [2.75, 3.05) is 6.61 Å². The van der Waals surface area contributed by atoms with E-state index in [0.29, 0.717) is 0 Å². The van der Waals surface area contributed by atoms with Crippen LogP contribution in [0.3, 0.4) is 0 Å². The van der Waals surface area contributed by atoms with Crippen LogP contribution in [0.5, 0.6) is 0 Å². The maximum absolute atomic E-state index is 14.1. The van der Waals surface area contributed by atoms with Crippen molar-refractivity contribution < 1.29 is 44.2 Å². The number of nitrogens with one attached hydrogen (secondary N) is 1. The predicted molar refractivity (Wildman–Crippen MR) is 63.7 cm³/mol. The highest BCUT2D eigenvalue weighted by Gasteiger charge is 2.54. The summed E-state index contributed by atoms with van der Waals surface area (Å²) >= 11 is 0. The minimum Gasteiger partial charge on any atom is -0.477 e. The Morgan fingerprint density at radius 2 is 2.10 bits per heavy atom. The Labute approximate surface area is 119 Å². The summed E-state index contributed by atoms with van der Waals surface area (Å²) in [5, 5.41) is 48.7. The highest BCUT2D eigenvalue weighted by Crippen LogP contribution is 2.31. The van der Waals surface area contributed by atoms with E-state index in [-0.39, 0.29) is 0 Å². The Morgan fingerprint density at radius 1 is 1.52 bits per heavy atom. The number of carboxylic acids is 1. The number of aliphatic hydroxyl groups is 4. The van der Waals surface area contributed by atoms with Crippen molar-refractivity contribution in [3.63, 3.8) is 0 Å². The Hall–Kier alpha value is -1.33. The normalized spacial score (nSPS) is 35.8. The number of amides is 1. The summed E-state index contributed by atoms with van der Waals surface area (Å²) in [5.41, 5.74) is 0. The predicted octanol–water partition coefficient (Wildman–Crippen LogP) is -2.89. The summed E-state index contributed by atoms with van der Waals surface area (Å²) in [7, 11) is 0. The number of carbonyl (C=O) groups is 2. The number of rotatable bonds is 5. The van der Waals surface area contributed by atoms with Gasteiger partial charge in [-0.1, -0.05) is 0 Å². The average Bonchev–Trinajstić information content (AvgIpc) is 2.39. The molecule has 6 N–H and O–H groups in total. The Balaban J connectivity index is 3.07. The van der Waals surface area contributed by atoms with E-state index in [0.717, 1.165) is 6.92 Å². The topological polar surface area (TPSA) is 157 Å². The van der Waals surface area contributed by atoms with Gasteiger partial charge in [0.15, 0.2) is 6.17 Å². The zero-order valence-electron chi connectivity index (χ0n) is 11.1. The van der Waals surface area contributed by atoms with Gasteiger partial charge in [0.2, 0.25) is 5.91 Å². The lowest BCUT2D eigenvalue weighted by molar-refractivity contribution is -0.289. The lowest BCUT2D eigenvalue weighted by Gasteiger charge is -2.43. The fraction of sp³-hybridized carbons (Fsp3) is 0.818. The molecule has 1 aliphatic heterocycles. The van der Waals surface area contributed by atoms with E-state index in [9.17, 15) is 29.3 Å². The molecule has 0 aromatic heterocycles. The van der Waals surface area contributed by atoms with Crippen LogP contribution in [0.1, 0.15) is 13.3 Å². The smallest absolute Gasteiger partial charge is 0.364 e. The van der Waals surface area contributed by atoms with Gasteiger partial charge in [0.05, 0.1) is 18.8 Å². The second-order valence-corrected chi connectivity index (χ2v) is 4.86. The van der Waals surface area contributed by atoms with Crippen molar-refractivity contribution in [2.24, 2.45) is 0 Å². The van der Waals surface area contributed by atoms with Crippen molar-refractivity contribution in [2.45, 2.75) is 49.7 Å². The van der Waals surface area contributed by atoms with Crippen LogP contribution in [0.2, 0.25) is 0 Å². The third kappa shape index (κ3) is 3.86. The fourth-order valence-corrected chi connectivity index (χ4v) is 2.11. The second kappa shape index (κ2) is 6.62. The van der Waals surface area contributed by atoms with Crippen LogP contribution in [-0.2, 0) is 14.3 Å². The van der Waals surface area contributed by atoms with Crippen LogP contribution in [0.15, 0.2) is 0 Å². The van der Waals surface area contributed by atoms with E-state index in [2.05, 4.69) is 5.32 Å². The summed E-state index contributed by atoms with van der Waals surface area (Å²) in [6, 6.07) is -1.39. The van der Waals surface area contributed by atoms with Crippen molar-refractivity contribution in [3.05, 3.63) is 0 Å². The Morgan fingerprint density at radius 3 is 2.52 bits per heavy atom. The first kappa shape index (κ1) is 17.7. The molecule has 0 bridgehead atoms. The lowest BCUT2D eigenvalue weighted by Crippen LogP contribution is -2.66. The summed E-state index contributed by atoms with van der Waals surface area (Å²) in [5.74, 6) is -5.36. The third-order valence-electron chi connectivity index (χ3n) is 3.16. The molecule has 0 aromatic rings. The molecule has 122 valence electrons. The zero-order valence-corrected chi connectivity index (χ0v) is 11.1. The number of hydrogen-bond acceptors (Lipinski definition) is 7. The minimum absolute atomic E-state index is 0.654. The highest BCUT2D eigenvalue weighted by atomic mass is 19.1. The molecule has 0 aromatic carbocycles. The van der Waals surface area contributed by atoms with Gasteiger partial charge in [-0.3, -0.25) is 4.79 Å². The number of halogens is 1. The number of hydrogen-bond donors (Lipinski definition) is 6. The monoisotopic (exact) mass is 311 g/mol. The first-order valence-electron chi connectivity index (χ1n) is 6.14. The lowest BCUT2D eigenvalue weighted by atomic mass is 9.89. The summed E-state index contributed by atoms with van der Waals surface area (Å²) in [6.07, 6.45) is -8.56. The molecule has 0 radical (unpaired) electrons. The largest absolute Gasteiger partial charge is 0.477 e. The van der Waals surface area contributed by atoms with E-state index in [1.165, 1.54) is 0 Å². The van der Waals surface area contributed by atoms with Gasteiger partial charge in [-0.2, -0.15) is 0 Å². The molecule has 0 saturated carbocycles. The Kier molecular flexibility index (Phi) is 5.59. The number of ether oxygens (including phenoxy) is 1. The average molecular weight is 311 g/mol. The van der Waals surface area contributed by atoms with Crippen molar-refractivity contribution in [1.82, 2.24) is 5.32 Å². The van der Waals surface area contributed by atoms with E-state index >= 15 is 0 Å². The van der Waals surface area contributed by atoms with Crippen LogP contribution < -0.4 is 5.32 Å². The molecular weight excluding hydrogens is 293 g/mol. The van der Waals surface area contributed by atoms with Crippen LogP contribution in [-0.4, -0.2) is 80.3 Å². The van der Waals surface area contributed by atoms with Gasteiger partial charge in [0, 0.05) is 13.3 Å². The summed E-state index contributed by atoms with van der Waals surface area (Å²) < 4.78 is 18.8. The molecule has 1 aliphatic rings. The van der Waals surface area contributed by atoms with Gasteiger partial charge in [0.25, 0.3) is 5.79 Å². The van der Waals surface area contributed by atoms with Gasteiger partial charge < -0.3 is 35.6 Å². The van der Waals surface area contributed by atoms with Crippen molar-refractivity contribution in [3.8, 4) is 0 Å². The van der Waals surface area contributed by atoms with E-state index in [1.807, 2.05) is 0 Å². The third-order valence-corrected chi connectivity index (χ3v) is 3.16. The van der Waals surface area contributed by atoms with Crippen molar-refractivity contribution >= 4 is 11.9 Å². The van der Waals surface area contributed by atoms with Gasteiger partial charge in [0.1, 0.15) is 12.2 Å². The zero-order chi connectivity index (χ0) is 16.4. The molecule has 1 fully saturated rings. The molecule has 1 rings (SSSR count). The molecule has 1 heterocycles. The van der Waals surface area contributed by atoms with Gasteiger partial charge in [-0.25, -0.2) is 9.18 Å². The molecule has 0 spiro atoms. The number of alkyl halides is 1. The number of aliphatic carboxylic acids is 1. The molecule has 1 saturated heterocycles. The molecular formula is C11H18FNO8. The maximum Gasteiger partial charge on any atom is 0.364 e. The quantitative estimate of drug-likeness (QED) is 0.316. The van der Waals surface area contributed by atoms with Crippen LogP contribution in [0, 0.1) is 0 Å². The highest BCUT2D eigenvalue weighted by molar-refractivity contribution is 5.76. The minimum atomic E-state index is -2.86. The van der Waals surface area contributed by atoms with Gasteiger partial charge >= 0.3 is 5.97 Å². The number of carboxylic acid groups (broad SMARTS) is 1. The molecule has 1 amide bonds. The second-order valence-electron chi connectivity index (χ2n) is 4.86. The first-order chi connectivity index (χ1) is 9.62.